The molecule has 3 rings (SSSR count). The van der Waals surface area contributed by atoms with Crippen LogP contribution in [0.5, 0.6) is 0 Å². The number of hydrogen-bond donors (Lipinski definition) is 1. The van der Waals surface area contributed by atoms with E-state index in [4.69, 9.17) is 16.1 Å². The Bertz CT molecular complexity index is 544. The molecule has 100 valence electrons. The second-order valence-corrected chi connectivity index (χ2v) is 5.67. The van der Waals surface area contributed by atoms with E-state index in [9.17, 15) is 0 Å². The van der Waals surface area contributed by atoms with Crippen LogP contribution in [-0.4, -0.2) is 11.2 Å². The van der Waals surface area contributed by atoms with Crippen LogP contribution in [0, 0.1) is 6.92 Å². The van der Waals surface area contributed by atoms with Crippen LogP contribution in [0.4, 0.5) is 0 Å². The Hall–Kier alpha value is -1.32. The lowest BCUT2D eigenvalue weighted by Crippen LogP contribution is -2.39. The van der Waals surface area contributed by atoms with Crippen molar-refractivity contribution in [3.63, 3.8) is 0 Å². The Morgan fingerprint density at radius 2 is 2.05 bits per heavy atom. The fourth-order valence-electron chi connectivity index (χ4n) is 2.54. The van der Waals surface area contributed by atoms with Gasteiger partial charge in [0, 0.05) is 17.1 Å². The summed E-state index contributed by atoms with van der Waals surface area (Å²) in [5.74, 6) is 1.57. The molecule has 1 heterocycles. The average Bonchev–Trinajstić information content (AvgIpc) is 2.75. The van der Waals surface area contributed by atoms with Crippen LogP contribution in [0.1, 0.15) is 35.8 Å². The van der Waals surface area contributed by atoms with Crippen molar-refractivity contribution in [2.45, 2.75) is 38.3 Å². The van der Waals surface area contributed by atoms with Crippen molar-refractivity contribution in [3.8, 4) is 0 Å². The maximum atomic E-state index is 5.90. The van der Waals surface area contributed by atoms with Gasteiger partial charge < -0.3 is 9.84 Å². The molecule has 1 saturated carbocycles. The number of hydrogen-bond acceptors (Lipinski definition) is 3. The Labute approximate surface area is 117 Å². The van der Waals surface area contributed by atoms with E-state index in [0.29, 0.717) is 12.0 Å². The number of nitrogens with zero attached hydrogens (tertiary/aromatic N) is 1. The monoisotopic (exact) mass is 276 g/mol. The molecular weight excluding hydrogens is 260 g/mol. The van der Waals surface area contributed by atoms with Crippen LogP contribution in [0.25, 0.3) is 0 Å². The summed E-state index contributed by atoms with van der Waals surface area (Å²) in [5, 5.41) is 8.19. The molecule has 0 bridgehead atoms. The van der Waals surface area contributed by atoms with Crippen molar-refractivity contribution in [3.05, 3.63) is 52.4 Å². The summed E-state index contributed by atoms with van der Waals surface area (Å²) in [6, 6.07) is 10.7. The molecule has 0 unspecified atom stereocenters. The molecule has 3 nitrogen and oxygen atoms in total. The standard InChI is InChI=1S/C15H17ClN2O/c1-10-6-15(19-18-10)9-17-14-7-12(8-14)11-2-4-13(16)5-3-11/h2-6,12,14,17H,7-9H2,1H3. The summed E-state index contributed by atoms with van der Waals surface area (Å²) in [6.07, 6.45) is 2.35. The molecule has 0 amide bonds. The molecule has 19 heavy (non-hydrogen) atoms. The summed E-state index contributed by atoms with van der Waals surface area (Å²) in [5.41, 5.74) is 2.32. The number of halogens is 1. The molecule has 0 spiro atoms. The zero-order chi connectivity index (χ0) is 13.2. The summed E-state index contributed by atoms with van der Waals surface area (Å²) in [7, 11) is 0. The van der Waals surface area contributed by atoms with Gasteiger partial charge in [-0.05, 0) is 43.4 Å². The zero-order valence-corrected chi connectivity index (χ0v) is 11.7. The van der Waals surface area contributed by atoms with E-state index in [-0.39, 0.29) is 0 Å². The predicted octanol–water partition coefficient (Wildman–Crippen LogP) is 3.67. The zero-order valence-electron chi connectivity index (χ0n) is 10.9. The molecule has 4 heteroatoms. The third-order valence-corrected chi connectivity index (χ3v) is 3.97. The minimum Gasteiger partial charge on any atom is -0.360 e. The van der Waals surface area contributed by atoms with Gasteiger partial charge in [-0.3, -0.25) is 0 Å². The maximum absolute atomic E-state index is 5.90. The van der Waals surface area contributed by atoms with Crippen molar-refractivity contribution in [1.82, 2.24) is 10.5 Å². The Balaban J connectivity index is 1.46. The smallest absolute Gasteiger partial charge is 0.150 e. The van der Waals surface area contributed by atoms with E-state index in [0.717, 1.165) is 23.0 Å². The van der Waals surface area contributed by atoms with Gasteiger partial charge in [-0.1, -0.05) is 28.9 Å². The highest BCUT2D eigenvalue weighted by Crippen LogP contribution is 2.37. The van der Waals surface area contributed by atoms with Gasteiger partial charge >= 0.3 is 0 Å². The maximum Gasteiger partial charge on any atom is 0.150 e. The fourth-order valence-corrected chi connectivity index (χ4v) is 2.66. The average molecular weight is 277 g/mol. The van der Waals surface area contributed by atoms with Gasteiger partial charge in [0.05, 0.1) is 12.2 Å². The molecule has 1 aliphatic rings. The number of aromatic nitrogens is 1. The lowest BCUT2D eigenvalue weighted by atomic mass is 9.76. The van der Waals surface area contributed by atoms with Gasteiger partial charge in [-0.2, -0.15) is 0 Å². The van der Waals surface area contributed by atoms with Crippen LogP contribution in [0.15, 0.2) is 34.9 Å². The SMILES string of the molecule is Cc1cc(CNC2CC(c3ccc(Cl)cc3)C2)on1. The highest BCUT2D eigenvalue weighted by molar-refractivity contribution is 6.30. The molecular formula is C15H17ClN2O. The second kappa shape index (κ2) is 5.35. The molecule has 0 radical (unpaired) electrons. The number of nitrogens with one attached hydrogen (secondary N) is 1. The Kier molecular flexibility index (Phi) is 3.58. The quantitative estimate of drug-likeness (QED) is 0.926. The van der Waals surface area contributed by atoms with Crippen molar-refractivity contribution in [1.29, 1.82) is 0 Å². The van der Waals surface area contributed by atoms with Gasteiger partial charge in [0.1, 0.15) is 0 Å². The van der Waals surface area contributed by atoms with Crippen molar-refractivity contribution < 1.29 is 4.52 Å². The first-order chi connectivity index (χ1) is 9.20. The molecule has 1 aliphatic carbocycles. The summed E-state index contributed by atoms with van der Waals surface area (Å²) in [6.45, 7) is 2.70. The first kappa shape index (κ1) is 12.7. The van der Waals surface area contributed by atoms with Crippen LogP contribution < -0.4 is 5.32 Å². The molecule has 0 aliphatic heterocycles. The first-order valence-corrected chi connectivity index (χ1v) is 6.99. The summed E-state index contributed by atoms with van der Waals surface area (Å²) >= 11 is 5.90. The van der Waals surface area contributed by atoms with Crippen molar-refractivity contribution in [2.75, 3.05) is 0 Å². The van der Waals surface area contributed by atoms with Crippen molar-refractivity contribution >= 4 is 11.6 Å². The van der Waals surface area contributed by atoms with Crippen molar-refractivity contribution in [2.24, 2.45) is 0 Å². The van der Waals surface area contributed by atoms with Crippen LogP contribution in [-0.2, 0) is 6.54 Å². The molecule has 1 aromatic heterocycles. The molecule has 1 N–H and O–H groups in total. The van der Waals surface area contributed by atoms with Crippen LogP contribution >= 0.6 is 11.6 Å². The van der Waals surface area contributed by atoms with Gasteiger partial charge in [-0.25, -0.2) is 0 Å². The van der Waals surface area contributed by atoms with Gasteiger partial charge in [-0.15, -0.1) is 0 Å². The number of benzene rings is 1. The first-order valence-electron chi connectivity index (χ1n) is 6.62. The largest absolute Gasteiger partial charge is 0.360 e. The lowest BCUT2D eigenvalue weighted by Gasteiger charge is -2.36. The molecule has 0 saturated heterocycles. The second-order valence-electron chi connectivity index (χ2n) is 5.23. The van der Waals surface area contributed by atoms with Gasteiger partial charge in [0.2, 0.25) is 0 Å². The molecule has 0 atom stereocenters. The number of aryl methyl sites for hydroxylation is 1. The molecule has 1 fully saturated rings. The van der Waals surface area contributed by atoms with Gasteiger partial charge in [0.25, 0.3) is 0 Å². The minimum atomic E-state index is 0.575. The summed E-state index contributed by atoms with van der Waals surface area (Å²) < 4.78 is 5.18. The van der Waals surface area contributed by atoms with Crippen LogP contribution in [0.3, 0.4) is 0 Å². The minimum absolute atomic E-state index is 0.575. The topological polar surface area (TPSA) is 38.1 Å². The number of rotatable bonds is 4. The lowest BCUT2D eigenvalue weighted by molar-refractivity contribution is 0.274. The summed E-state index contributed by atoms with van der Waals surface area (Å²) in [4.78, 5) is 0. The fraction of sp³-hybridized carbons (Fsp3) is 0.400. The molecule has 1 aromatic carbocycles. The Morgan fingerprint density at radius 1 is 1.32 bits per heavy atom. The predicted molar refractivity (Wildman–Crippen MR) is 75.3 cm³/mol. The normalized spacial score (nSPS) is 22.2. The van der Waals surface area contributed by atoms with Gasteiger partial charge in [0.15, 0.2) is 5.76 Å². The van der Waals surface area contributed by atoms with E-state index in [1.807, 2.05) is 25.1 Å². The third-order valence-electron chi connectivity index (χ3n) is 3.72. The van der Waals surface area contributed by atoms with E-state index in [2.05, 4.69) is 22.6 Å². The van der Waals surface area contributed by atoms with E-state index < -0.39 is 0 Å². The highest BCUT2D eigenvalue weighted by atomic mass is 35.5. The van der Waals surface area contributed by atoms with Crippen LogP contribution in [0.2, 0.25) is 5.02 Å². The third kappa shape index (κ3) is 2.99. The Morgan fingerprint density at radius 3 is 2.68 bits per heavy atom. The van der Waals surface area contributed by atoms with E-state index in [1.165, 1.54) is 18.4 Å². The van der Waals surface area contributed by atoms with E-state index in [1.54, 1.807) is 0 Å². The molecule has 2 aromatic rings. The highest BCUT2D eigenvalue weighted by Gasteiger charge is 2.29. The van der Waals surface area contributed by atoms with E-state index >= 15 is 0 Å².